The van der Waals surface area contributed by atoms with Crippen molar-refractivity contribution in [1.29, 1.82) is 0 Å². The molecular weight excluding hydrogens is 738 g/mol. The number of amides is 2. The number of nitrogens with zero attached hydrogens (tertiary/aromatic N) is 3. The van der Waals surface area contributed by atoms with E-state index in [1.54, 1.807) is 32.4 Å². The molecule has 0 saturated carbocycles. The standard InChI is InChI=1S/C45H59N7O4.ClH/c1-28(48-36-26-32(55-9)24-30-18-20-38(44(3,4)5)51-40(30)36)14-12-22-46-42(53)34-16-11-17-35(50-34)43(54)47-23-13-15-29(2)49-37-27-33(56-10)25-31-19-21-39(45(6,7)8)52-41(31)37;/h11,16-21,24-29,48-49H,12-15,22-23H2,1-10H3,(H,46,53)(H,47,54);1H. The number of anilines is 2. The van der Waals surface area contributed by atoms with Crippen molar-refractivity contribution in [2.45, 2.75) is 104 Å². The summed E-state index contributed by atoms with van der Waals surface area (Å²) < 4.78 is 11.1. The molecule has 11 nitrogen and oxygen atoms in total. The Kier molecular flexibility index (Phi) is 15.1. The van der Waals surface area contributed by atoms with E-state index >= 15 is 0 Å². The molecule has 5 rings (SSSR count). The van der Waals surface area contributed by atoms with Crippen LogP contribution >= 0.6 is 12.4 Å². The maximum Gasteiger partial charge on any atom is 0.269 e. The van der Waals surface area contributed by atoms with Gasteiger partial charge < -0.3 is 30.7 Å². The highest BCUT2D eigenvalue weighted by molar-refractivity contribution is 5.96. The topological polar surface area (TPSA) is 139 Å². The zero-order chi connectivity index (χ0) is 40.6. The van der Waals surface area contributed by atoms with Crippen molar-refractivity contribution in [2.75, 3.05) is 37.9 Å². The van der Waals surface area contributed by atoms with Crippen LogP contribution in [0.2, 0.25) is 0 Å². The number of nitrogens with one attached hydrogen (secondary N) is 4. The van der Waals surface area contributed by atoms with Crippen molar-refractivity contribution in [3.05, 3.63) is 89.5 Å². The highest BCUT2D eigenvalue weighted by Crippen LogP contribution is 2.33. The number of benzene rings is 2. The van der Waals surface area contributed by atoms with Crippen LogP contribution in [0.4, 0.5) is 11.4 Å². The van der Waals surface area contributed by atoms with E-state index in [9.17, 15) is 9.59 Å². The number of pyridine rings is 3. The van der Waals surface area contributed by atoms with Gasteiger partial charge in [0.25, 0.3) is 11.8 Å². The normalized spacial score (nSPS) is 12.7. The molecule has 2 amide bonds. The van der Waals surface area contributed by atoms with Crippen LogP contribution in [0.25, 0.3) is 21.8 Å². The fraction of sp³-hybridized carbons (Fsp3) is 0.444. The molecule has 3 aromatic heterocycles. The second-order valence-electron chi connectivity index (χ2n) is 16.7. The molecule has 0 aliphatic heterocycles. The summed E-state index contributed by atoms with van der Waals surface area (Å²) in [5.74, 6) is 0.906. The Bertz CT molecular complexity index is 2010. The SMILES string of the molecule is COc1cc(NC(C)CCCNC(=O)c2cccc(C(=O)NCCCC(C)Nc3cc(OC)cc4ccc(C(C)(C)C)nc34)n2)c2nc(C(C)(C)C)ccc2c1.Cl. The molecule has 5 aromatic rings. The first-order chi connectivity index (χ1) is 26.5. The number of aromatic nitrogens is 3. The fourth-order valence-corrected chi connectivity index (χ4v) is 6.47. The summed E-state index contributed by atoms with van der Waals surface area (Å²) in [6.07, 6.45) is 3.12. The van der Waals surface area contributed by atoms with Crippen molar-refractivity contribution >= 4 is 57.4 Å². The first-order valence-electron chi connectivity index (χ1n) is 19.6. The Hall–Kier alpha value is -5.16. The van der Waals surface area contributed by atoms with Gasteiger partial charge >= 0.3 is 0 Å². The van der Waals surface area contributed by atoms with Crippen LogP contribution in [0.3, 0.4) is 0 Å². The molecular formula is C45H60ClN7O4. The average molecular weight is 798 g/mol. The summed E-state index contributed by atoms with van der Waals surface area (Å²) in [5, 5.41) is 15.2. The van der Waals surface area contributed by atoms with E-state index < -0.39 is 0 Å². The Labute approximate surface area is 343 Å². The molecule has 2 aromatic carbocycles. The Balaban J connectivity index is 0.00000720. The number of hydrogen-bond acceptors (Lipinski definition) is 9. The van der Waals surface area contributed by atoms with E-state index in [0.717, 1.165) is 81.8 Å². The van der Waals surface area contributed by atoms with E-state index in [2.05, 4.69) is 106 Å². The zero-order valence-corrected chi connectivity index (χ0v) is 35.9. The minimum Gasteiger partial charge on any atom is -0.497 e. The number of methoxy groups -OCH3 is 2. The van der Waals surface area contributed by atoms with Gasteiger partial charge in [-0.05, 0) is 75.9 Å². The van der Waals surface area contributed by atoms with E-state index in [4.69, 9.17) is 19.4 Å². The number of fused-ring (bicyclic) bond motifs is 2. The van der Waals surface area contributed by atoms with Gasteiger partial charge in [0.15, 0.2) is 0 Å². The first-order valence-corrected chi connectivity index (χ1v) is 19.6. The summed E-state index contributed by atoms with van der Waals surface area (Å²) in [4.78, 5) is 40.3. The van der Waals surface area contributed by atoms with Crippen molar-refractivity contribution < 1.29 is 19.1 Å². The molecule has 306 valence electrons. The first kappa shape index (κ1) is 44.6. The van der Waals surface area contributed by atoms with Gasteiger partial charge in [0.05, 0.1) is 36.6 Å². The number of rotatable bonds is 16. The van der Waals surface area contributed by atoms with Crippen molar-refractivity contribution in [1.82, 2.24) is 25.6 Å². The van der Waals surface area contributed by atoms with Gasteiger partial charge in [0, 0.05) is 70.3 Å². The van der Waals surface area contributed by atoms with Crippen molar-refractivity contribution in [3.8, 4) is 11.5 Å². The van der Waals surface area contributed by atoms with Crippen LogP contribution in [0.1, 0.15) is 113 Å². The maximum absolute atomic E-state index is 13.0. The Morgan fingerprint density at radius 1 is 0.614 bits per heavy atom. The van der Waals surface area contributed by atoms with E-state index in [0.29, 0.717) is 13.1 Å². The lowest BCUT2D eigenvalue weighted by Gasteiger charge is -2.21. The summed E-state index contributed by atoms with van der Waals surface area (Å²) in [5.41, 5.74) is 5.96. The minimum atomic E-state index is -0.313. The van der Waals surface area contributed by atoms with Gasteiger partial charge in [-0.15, -0.1) is 12.4 Å². The number of carbonyl (C=O) groups is 2. The molecule has 2 unspecified atom stereocenters. The fourth-order valence-electron chi connectivity index (χ4n) is 6.47. The predicted octanol–water partition coefficient (Wildman–Crippen LogP) is 9.23. The monoisotopic (exact) mass is 797 g/mol. The van der Waals surface area contributed by atoms with E-state index in [-0.39, 0.29) is 58.5 Å². The van der Waals surface area contributed by atoms with Gasteiger partial charge in [-0.3, -0.25) is 19.6 Å². The second-order valence-corrected chi connectivity index (χ2v) is 16.7. The second kappa shape index (κ2) is 19.3. The molecule has 0 saturated heterocycles. The molecule has 0 aliphatic rings. The number of hydrogen-bond donors (Lipinski definition) is 4. The van der Waals surface area contributed by atoms with Gasteiger partial charge in [0.2, 0.25) is 0 Å². The molecule has 2 atom stereocenters. The van der Waals surface area contributed by atoms with Gasteiger partial charge in [-0.25, -0.2) is 4.98 Å². The highest BCUT2D eigenvalue weighted by atomic mass is 35.5. The summed E-state index contributed by atoms with van der Waals surface area (Å²) in [7, 11) is 3.33. The van der Waals surface area contributed by atoms with Crippen LogP contribution in [0, 0.1) is 0 Å². The quantitative estimate of drug-likeness (QED) is 0.0720. The molecule has 12 heteroatoms. The Morgan fingerprint density at radius 2 is 1.02 bits per heavy atom. The maximum atomic E-state index is 13.0. The zero-order valence-electron chi connectivity index (χ0n) is 35.1. The van der Waals surface area contributed by atoms with E-state index in [1.807, 2.05) is 24.3 Å². The number of ether oxygens (including phenoxy) is 2. The predicted molar refractivity (Wildman–Crippen MR) is 235 cm³/mol. The van der Waals surface area contributed by atoms with Crippen LogP contribution in [0.15, 0.2) is 66.7 Å². The molecule has 0 spiro atoms. The van der Waals surface area contributed by atoms with E-state index in [1.165, 1.54) is 0 Å². The molecule has 57 heavy (non-hydrogen) atoms. The van der Waals surface area contributed by atoms with Crippen molar-refractivity contribution in [2.24, 2.45) is 0 Å². The summed E-state index contributed by atoms with van der Waals surface area (Å²) >= 11 is 0. The van der Waals surface area contributed by atoms with Crippen LogP contribution < -0.4 is 30.7 Å². The third-order valence-electron chi connectivity index (χ3n) is 9.76. The highest BCUT2D eigenvalue weighted by Gasteiger charge is 2.20. The number of carbonyl (C=O) groups excluding carboxylic acids is 2. The van der Waals surface area contributed by atoms with Crippen molar-refractivity contribution in [3.63, 3.8) is 0 Å². The molecule has 0 radical (unpaired) electrons. The van der Waals surface area contributed by atoms with Crippen LogP contribution in [0.5, 0.6) is 11.5 Å². The smallest absolute Gasteiger partial charge is 0.269 e. The van der Waals surface area contributed by atoms with Gasteiger partial charge in [-0.1, -0.05) is 59.7 Å². The lowest BCUT2D eigenvalue weighted by molar-refractivity contribution is 0.0943. The third kappa shape index (κ3) is 11.9. The van der Waals surface area contributed by atoms with Crippen LogP contribution in [-0.2, 0) is 10.8 Å². The lowest BCUT2D eigenvalue weighted by atomic mass is 9.91. The Morgan fingerprint density at radius 3 is 1.39 bits per heavy atom. The third-order valence-corrected chi connectivity index (χ3v) is 9.76. The summed E-state index contributed by atoms with van der Waals surface area (Å²) in [6, 6.07) is 21.5. The molecule has 0 aliphatic carbocycles. The van der Waals surface area contributed by atoms with Gasteiger partial charge in [0.1, 0.15) is 22.9 Å². The average Bonchev–Trinajstić information content (AvgIpc) is 3.16. The van der Waals surface area contributed by atoms with Crippen LogP contribution in [-0.4, -0.2) is 66.2 Å². The molecule has 4 N–H and O–H groups in total. The largest absolute Gasteiger partial charge is 0.497 e. The lowest BCUT2D eigenvalue weighted by Crippen LogP contribution is -2.29. The summed E-state index contributed by atoms with van der Waals surface area (Å²) in [6.45, 7) is 18.1. The number of halogens is 1. The van der Waals surface area contributed by atoms with Gasteiger partial charge in [-0.2, -0.15) is 0 Å². The molecule has 0 bridgehead atoms. The molecule has 0 fully saturated rings. The molecule has 3 heterocycles. The minimum absolute atomic E-state index is 0.